The molecule has 1 amide bonds. The van der Waals surface area contributed by atoms with Crippen molar-refractivity contribution in [1.82, 2.24) is 5.32 Å². The second-order valence-electron chi connectivity index (χ2n) is 10.5. The predicted molar refractivity (Wildman–Crippen MR) is 151 cm³/mol. The average Bonchev–Trinajstić information content (AvgIpc) is 2.84. The summed E-state index contributed by atoms with van der Waals surface area (Å²) in [6.45, 7) is 5.89. The Bertz CT molecular complexity index is 386. The van der Waals surface area contributed by atoms with Gasteiger partial charge in [0.25, 0.3) is 0 Å². The lowest BCUT2D eigenvalue weighted by atomic mass is 10.0. The SMILES string of the molecule is CCCCCCCCCCCCCCCCCCNC(=O)OCCCCCCCCCCCC. The Morgan fingerprint density at radius 2 is 0.735 bits per heavy atom. The van der Waals surface area contributed by atoms with Crippen molar-refractivity contribution in [3.05, 3.63) is 0 Å². The molecule has 1 N–H and O–H groups in total. The fraction of sp³-hybridized carbons (Fsp3) is 0.968. The van der Waals surface area contributed by atoms with E-state index in [9.17, 15) is 4.79 Å². The molecule has 0 saturated heterocycles. The number of ether oxygens (including phenoxy) is 1. The van der Waals surface area contributed by atoms with Gasteiger partial charge in [0.05, 0.1) is 6.61 Å². The van der Waals surface area contributed by atoms with Crippen LogP contribution in [0.5, 0.6) is 0 Å². The lowest BCUT2D eigenvalue weighted by molar-refractivity contribution is 0.143. The highest BCUT2D eigenvalue weighted by Gasteiger charge is 2.01. The molecular formula is C31H63NO2. The Hall–Kier alpha value is -0.730. The molecule has 0 aromatic heterocycles. The summed E-state index contributed by atoms with van der Waals surface area (Å²) in [5, 5.41) is 2.91. The summed E-state index contributed by atoms with van der Waals surface area (Å²) in [7, 11) is 0. The van der Waals surface area contributed by atoms with Crippen LogP contribution in [0.3, 0.4) is 0 Å². The van der Waals surface area contributed by atoms with Crippen LogP contribution in [0.15, 0.2) is 0 Å². The molecule has 0 saturated carbocycles. The Balaban J connectivity index is 3.13. The molecule has 0 atom stereocenters. The maximum absolute atomic E-state index is 11.7. The minimum absolute atomic E-state index is 0.225. The Kier molecular flexibility index (Phi) is 29.7. The normalized spacial score (nSPS) is 11.1. The Morgan fingerprint density at radius 1 is 0.441 bits per heavy atom. The van der Waals surface area contributed by atoms with Crippen molar-refractivity contribution in [3.8, 4) is 0 Å². The largest absolute Gasteiger partial charge is 0.450 e. The van der Waals surface area contributed by atoms with Gasteiger partial charge in [-0.3, -0.25) is 0 Å². The summed E-state index contributed by atoms with van der Waals surface area (Å²) in [6.07, 6.45) is 34.9. The molecule has 0 aliphatic rings. The number of amides is 1. The number of rotatable bonds is 28. The molecule has 0 aliphatic heterocycles. The van der Waals surface area contributed by atoms with Gasteiger partial charge in [0.15, 0.2) is 0 Å². The monoisotopic (exact) mass is 481 g/mol. The highest BCUT2D eigenvalue weighted by molar-refractivity contribution is 5.66. The van der Waals surface area contributed by atoms with E-state index in [-0.39, 0.29) is 6.09 Å². The number of alkyl carbamates (subject to hydrolysis) is 1. The van der Waals surface area contributed by atoms with Crippen LogP contribution in [0, 0.1) is 0 Å². The standard InChI is InChI=1S/C31H63NO2/c1-3-5-7-9-11-13-15-16-17-18-19-20-21-23-25-27-29-32-31(33)34-30-28-26-24-22-14-12-10-8-6-4-2/h3-30H2,1-2H3,(H,32,33). The molecule has 3 heteroatoms. The van der Waals surface area contributed by atoms with Crippen LogP contribution in [0.25, 0.3) is 0 Å². The van der Waals surface area contributed by atoms with Gasteiger partial charge in [-0.25, -0.2) is 4.79 Å². The first-order valence-electron chi connectivity index (χ1n) is 15.7. The van der Waals surface area contributed by atoms with Crippen molar-refractivity contribution in [2.75, 3.05) is 13.2 Å². The topological polar surface area (TPSA) is 38.3 Å². The summed E-state index contributed by atoms with van der Waals surface area (Å²) < 4.78 is 5.29. The van der Waals surface area contributed by atoms with E-state index in [2.05, 4.69) is 19.2 Å². The quantitative estimate of drug-likeness (QED) is 0.113. The van der Waals surface area contributed by atoms with Crippen LogP contribution < -0.4 is 5.32 Å². The number of carbonyl (C=O) groups is 1. The number of hydrogen-bond acceptors (Lipinski definition) is 2. The number of hydrogen-bond donors (Lipinski definition) is 1. The van der Waals surface area contributed by atoms with Gasteiger partial charge in [0.2, 0.25) is 0 Å². The van der Waals surface area contributed by atoms with E-state index in [0.29, 0.717) is 6.61 Å². The Labute approximate surface area is 215 Å². The fourth-order valence-corrected chi connectivity index (χ4v) is 4.67. The molecule has 0 fully saturated rings. The van der Waals surface area contributed by atoms with E-state index < -0.39 is 0 Å². The van der Waals surface area contributed by atoms with Gasteiger partial charge in [0, 0.05) is 6.54 Å². The van der Waals surface area contributed by atoms with Crippen molar-refractivity contribution in [1.29, 1.82) is 0 Å². The maximum atomic E-state index is 11.7. The molecule has 0 aromatic rings. The van der Waals surface area contributed by atoms with E-state index in [1.807, 2.05) is 0 Å². The van der Waals surface area contributed by atoms with Crippen LogP contribution in [0.2, 0.25) is 0 Å². The van der Waals surface area contributed by atoms with Gasteiger partial charge in [-0.1, -0.05) is 168 Å². The van der Waals surface area contributed by atoms with Gasteiger partial charge >= 0.3 is 6.09 Å². The minimum Gasteiger partial charge on any atom is -0.450 e. The van der Waals surface area contributed by atoms with Crippen molar-refractivity contribution in [2.24, 2.45) is 0 Å². The highest BCUT2D eigenvalue weighted by atomic mass is 16.5. The maximum Gasteiger partial charge on any atom is 0.407 e. The third-order valence-electron chi connectivity index (χ3n) is 7.03. The molecule has 0 heterocycles. The highest BCUT2D eigenvalue weighted by Crippen LogP contribution is 2.14. The molecule has 0 rings (SSSR count). The molecule has 0 aliphatic carbocycles. The van der Waals surface area contributed by atoms with E-state index in [0.717, 1.165) is 19.4 Å². The first kappa shape index (κ1) is 33.3. The van der Waals surface area contributed by atoms with Crippen LogP contribution >= 0.6 is 0 Å². The second-order valence-corrected chi connectivity index (χ2v) is 10.5. The molecule has 0 bridgehead atoms. The average molecular weight is 482 g/mol. The molecule has 0 radical (unpaired) electrons. The van der Waals surface area contributed by atoms with Crippen molar-refractivity contribution in [3.63, 3.8) is 0 Å². The van der Waals surface area contributed by atoms with Gasteiger partial charge in [0.1, 0.15) is 0 Å². The molecular weight excluding hydrogens is 418 g/mol. The zero-order valence-corrected chi connectivity index (χ0v) is 23.6. The van der Waals surface area contributed by atoms with Crippen LogP contribution in [-0.2, 0) is 4.74 Å². The number of nitrogens with one attached hydrogen (secondary N) is 1. The summed E-state index contributed by atoms with van der Waals surface area (Å²) in [5.74, 6) is 0. The predicted octanol–water partition coefficient (Wildman–Crippen LogP) is 10.9. The molecule has 34 heavy (non-hydrogen) atoms. The van der Waals surface area contributed by atoms with Crippen molar-refractivity contribution >= 4 is 6.09 Å². The van der Waals surface area contributed by atoms with E-state index >= 15 is 0 Å². The van der Waals surface area contributed by atoms with E-state index in [1.54, 1.807) is 0 Å². The molecule has 0 unspecified atom stereocenters. The van der Waals surface area contributed by atoms with Gasteiger partial charge < -0.3 is 10.1 Å². The van der Waals surface area contributed by atoms with Crippen LogP contribution in [0.4, 0.5) is 4.79 Å². The Morgan fingerprint density at radius 3 is 1.09 bits per heavy atom. The molecule has 204 valence electrons. The van der Waals surface area contributed by atoms with E-state index in [4.69, 9.17) is 4.74 Å². The van der Waals surface area contributed by atoms with Crippen molar-refractivity contribution in [2.45, 2.75) is 181 Å². The van der Waals surface area contributed by atoms with Gasteiger partial charge in [-0.15, -0.1) is 0 Å². The summed E-state index contributed by atoms with van der Waals surface area (Å²) in [4.78, 5) is 11.7. The lowest BCUT2D eigenvalue weighted by Crippen LogP contribution is -2.25. The zero-order valence-electron chi connectivity index (χ0n) is 23.6. The minimum atomic E-state index is -0.225. The molecule has 0 aromatic carbocycles. The number of carbonyl (C=O) groups excluding carboxylic acids is 1. The first-order valence-corrected chi connectivity index (χ1v) is 15.7. The summed E-state index contributed by atoms with van der Waals surface area (Å²) in [6, 6.07) is 0. The summed E-state index contributed by atoms with van der Waals surface area (Å²) >= 11 is 0. The first-order chi connectivity index (χ1) is 16.8. The molecule has 3 nitrogen and oxygen atoms in total. The van der Waals surface area contributed by atoms with Crippen LogP contribution in [0.1, 0.15) is 181 Å². The fourth-order valence-electron chi connectivity index (χ4n) is 4.67. The smallest absolute Gasteiger partial charge is 0.407 e. The van der Waals surface area contributed by atoms with E-state index in [1.165, 1.54) is 154 Å². The molecule has 0 spiro atoms. The van der Waals surface area contributed by atoms with Gasteiger partial charge in [-0.05, 0) is 12.8 Å². The zero-order chi connectivity index (χ0) is 24.8. The number of unbranched alkanes of at least 4 members (excludes halogenated alkanes) is 24. The lowest BCUT2D eigenvalue weighted by Gasteiger charge is -2.07. The third-order valence-corrected chi connectivity index (χ3v) is 7.03. The van der Waals surface area contributed by atoms with Crippen molar-refractivity contribution < 1.29 is 9.53 Å². The summed E-state index contributed by atoms with van der Waals surface area (Å²) in [5.41, 5.74) is 0. The third kappa shape index (κ3) is 29.3. The van der Waals surface area contributed by atoms with Gasteiger partial charge in [-0.2, -0.15) is 0 Å². The van der Waals surface area contributed by atoms with Crippen LogP contribution in [-0.4, -0.2) is 19.2 Å². The second kappa shape index (κ2) is 30.3.